The fourth-order valence-corrected chi connectivity index (χ4v) is 3.47. The van der Waals surface area contributed by atoms with Gasteiger partial charge in [-0.2, -0.15) is 0 Å². The zero-order valence-corrected chi connectivity index (χ0v) is 12.4. The van der Waals surface area contributed by atoms with E-state index in [1.807, 2.05) is 6.07 Å². The molecule has 98 valence electrons. The molecule has 0 saturated heterocycles. The number of fused-ring (bicyclic) bond motifs is 1. The largest absolute Gasteiger partial charge is 0.489 e. The molecule has 0 bridgehead atoms. The molecule has 4 unspecified atom stereocenters. The van der Waals surface area contributed by atoms with Crippen LogP contribution in [0.4, 0.5) is 0 Å². The van der Waals surface area contributed by atoms with Gasteiger partial charge >= 0.3 is 0 Å². The van der Waals surface area contributed by atoms with Crippen molar-refractivity contribution in [3.05, 3.63) is 23.8 Å². The first-order valence-electron chi connectivity index (χ1n) is 6.68. The first-order valence-corrected chi connectivity index (χ1v) is 7.60. The molecule has 3 rings (SSSR count). The van der Waals surface area contributed by atoms with Crippen LogP contribution < -0.4 is 9.47 Å². The average molecular weight is 311 g/mol. The molecule has 4 atom stereocenters. The van der Waals surface area contributed by atoms with Gasteiger partial charge in [-0.3, -0.25) is 0 Å². The van der Waals surface area contributed by atoms with Crippen molar-refractivity contribution >= 4 is 15.9 Å². The molecule has 0 radical (unpaired) electrons. The van der Waals surface area contributed by atoms with Gasteiger partial charge < -0.3 is 9.47 Å². The molecule has 18 heavy (non-hydrogen) atoms. The van der Waals surface area contributed by atoms with Gasteiger partial charge in [-0.05, 0) is 36.0 Å². The summed E-state index contributed by atoms with van der Waals surface area (Å²) in [5, 5.41) is 0. The van der Waals surface area contributed by atoms with Crippen LogP contribution in [-0.2, 0) is 0 Å². The van der Waals surface area contributed by atoms with Gasteiger partial charge in [0.2, 0.25) is 0 Å². The minimum absolute atomic E-state index is 0.446. The van der Waals surface area contributed by atoms with Crippen LogP contribution in [0.2, 0.25) is 0 Å². The molecule has 0 aromatic heterocycles. The smallest absolute Gasteiger partial charge is 0.161 e. The lowest BCUT2D eigenvalue weighted by Crippen LogP contribution is -2.12. The van der Waals surface area contributed by atoms with E-state index in [-0.39, 0.29) is 0 Å². The molecular formula is C15H19BrO2. The summed E-state index contributed by atoms with van der Waals surface area (Å²) < 4.78 is 11.6. The normalized spacial score (nSPS) is 31.6. The van der Waals surface area contributed by atoms with Crippen LogP contribution in [0.15, 0.2) is 18.2 Å². The Morgan fingerprint density at radius 2 is 1.83 bits per heavy atom. The van der Waals surface area contributed by atoms with Gasteiger partial charge in [0, 0.05) is 10.7 Å². The molecular weight excluding hydrogens is 292 g/mol. The van der Waals surface area contributed by atoms with Gasteiger partial charge in [0.25, 0.3) is 0 Å². The third-order valence-corrected chi connectivity index (χ3v) is 5.09. The van der Waals surface area contributed by atoms with Gasteiger partial charge in [-0.25, -0.2) is 0 Å². The Hall–Kier alpha value is -0.700. The summed E-state index contributed by atoms with van der Waals surface area (Å²) in [6.45, 7) is 5.93. The molecule has 1 aromatic carbocycles. The van der Waals surface area contributed by atoms with Crippen molar-refractivity contribution in [1.82, 2.24) is 0 Å². The number of ether oxygens (including phenoxy) is 2. The van der Waals surface area contributed by atoms with E-state index in [0.29, 0.717) is 10.7 Å². The number of alkyl halides is 1. The van der Waals surface area contributed by atoms with E-state index in [1.54, 1.807) is 0 Å². The molecule has 0 N–H and O–H groups in total. The number of rotatable bonds is 2. The van der Waals surface area contributed by atoms with E-state index >= 15 is 0 Å². The van der Waals surface area contributed by atoms with Gasteiger partial charge in [0.05, 0.1) is 13.2 Å². The molecule has 3 heteroatoms. The molecule has 0 amide bonds. The van der Waals surface area contributed by atoms with E-state index in [4.69, 9.17) is 9.47 Å². The molecule has 1 aliphatic carbocycles. The summed E-state index contributed by atoms with van der Waals surface area (Å²) in [6.07, 6.45) is 1.32. The standard InChI is InChI=1S/C15H19BrO2/c1-9-7-17-13-4-3-11(6-14(13)18-8-9)15(16)12-5-10(12)2/h3-4,6,9-10,12,15H,5,7-8H2,1-2H3. The van der Waals surface area contributed by atoms with Crippen molar-refractivity contribution in [2.24, 2.45) is 17.8 Å². The summed E-state index contributed by atoms with van der Waals surface area (Å²) in [5.74, 6) is 3.84. The van der Waals surface area contributed by atoms with Crippen molar-refractivity contribution < 1.29 is 9.47 Å². The number of hydrogen-bond acceptors (Lipinski definition) is 2. The van der Waals surface area contributed by atoms with Crippen LogP contribution >= 0.6 is 15.9 Å². The van der Waals surface area contributed by atoms with E-state index in [1.165, 1.54) is 12.0 Å². The van der Waals surface area contributed by atoms with E-state index in [9.17, 15) is 0 Å². The summed E-state index contributed by atoms with van der Waals surface area (Å²) in [7, 11) is 0. The molecule has 2 nitrogen and oxygen atoms in total. The van der Waals surface area contributed by atoms with Crippen molar-refractivity contribution in [3.8, 4) is 11.5 Å². The number of benzene rings is 1. The third kappa shape index (κ3) is 2.37. The molecule has 1 saturated carbocycles. The molecule has 1 aromatic rings. The SMILES string of the molecule is CC1COc2ccc(C(Br)C3CC3C)cc2OC1. The highest BCUT2D eigenvalue weighted by Gasteiger charge is 2.39. The Kier molecular flexibility index (Phi) is 3.27. The molecule has 0 spiro atoms. The third-order valence-electron chi connectivity index (χ3n) is 3.88. The topological polar surface area (TPSA) is 18.5 Å². The minimum atomic E-state index is 0.446. The fraction of sp³-hybridized carbons (Fsp3) is 0.600. The lowest BCUT2D eigenvalue weighted by Gasteiger charge is -2.13. The summed E-state index contributed by atoms with van der Waals surface area (Å²) in [6, 6.07) is 6.34. The maximum Gasteiger partial charge on any atom is 0.161 e. The fourth-order valence-electron chi connectivity index (χ4n) is 2.45. The summed E-state index contributed by atoms with van der Waals surface area (Å²) in [5.41, 5.74) is 1.31. The highest BCUT2D eigenvalue weighted by Crippen LogP contribution is 2.52. The van der Waals surface area contributed by atoms with Crippen LogP contribution in [0.3, 0.4) is 0 Å². The van der Waals surface area contributed by atoms with E-state index < -0.39 is 0 Å². The Bertz CT molecular complexity index is 446. The lowest BCUT2D eigenvalue weighted by atomic mass is 10.1. The van der Waals surface area contributed by atoms with Crippen molar-refractivity contribution in [3.63, 3.8) is 0 Å². The molecule has 1 fully saturated rings. The van der Waals surface area contributed by atoms with Gasteiger partial charge in [-0.1, -0.05) is 35.8 Å². The van der Waals surface area contributed by atoms with Gasteiger partial charge in [-0.15, -0.1) is 0 Å². The van der Waals surface area contributed by atoms with Crippen molar-refractivity contribution in [1.29, 1.82) is 0 Å². The highest BCUT2D eigenvalue weighted by atomic mass is 79.9. The molecule has 1 aliphatic heterocycles. The summed E-state index contributed by atoms with van der Waals surface area (Å²) >= 11 is 3.82. The maximum atomic E-state index is 5.83. The second-order valence-corrected chi connectivity index (χ2v) is 6.70. The van der Waals surface area contributed by atoms with Gasteiger partial charge in [0.1, 0.15) is 0 Å². The number of hydrogen-bond donors (Lipinski definition) is 0. The van der Waals surface area contributed by atoms with E-state index in [2.05, 4.69) is 41.9 Å². The van der Waals surface area contributed by atoms with Crippen LogP contribution in [-0.4, -0.2) is 13.2 Å². The van der Waals surface area contributed by atoms with Crippen LogP contribution in [0.1, 0.15) is 30.7 Å². The van der Waals surface area contributed by atoms with Gasteiger partial charge in [0.15, 0.2) is 11.5 Å². The predicted molar refractivity (Wildman–Crippen MR) is 75.5 cm³/mol. The Morgan fingerprint density at radius 1 is 1.17 bits per heavy atom. The van der Waals surface area contributed by atoms with Crippen LogP contribution in [0.25, 0.3) is 0 Å². The van der Waals surface area contributed by atoms with Crippen molar-refractivity contribution in [2.45, 2.75) is 25.1 Å². The van der Waals surface area contributed by atoms with Crippen LogP contribution in [0.5, 0.6) is 11.5 Å². The zero-order chi connectivity index (χ0) is 12.7. The Morgan fingerprint density at radius 3 is 2.50 bits per heavy atom. The second kappa shape index (κ2) is 4.76. The molecule has 1 heterocycles. The predicted octanol–water partition coefficient (Wildman–Crippen LogP) is 4.19. The number of halogens is 1. The highest BCUT2D eigenvalue weighted by molar-refractivity contribution is 9.09. The Balaban J connectivity index is 1.82. The zero-order valence-electron chi connectivity index (χ0n) is 10.9. The lowest BCUT2D eigenvalue weighted by molar-refractivity contribution is 0.228. The first kappa shape index (κ1) is 12.3. The quantitative estimate of drug-likeness (QED) is 0.763. The first-order chi connectivity index (χ1) is 8.65. The summed E-state index contributed by atoms with van der Waals surface area (Å²) in [4.78, 5) is 0.446. The van der Waals surface area contributed by atoms with E-state index in [0.717, 1.165) is 36.5 Å². The van der Waals surface area contributed by atoms with Crippen LogP contribution in [0, 0.1) is 17.8 Å². The maximum absolute atomic E-state index is 5.83. The second-order valence-electron chi connectivity index (χ2n) is 5.71. The minimum Gasteiger partial charge on any atom is -0.489 e. The average Bonchev–Trinajstić information content (AvgIpc) is 3.12. The Labute approximate surface area is 117 Å². The van der Waals surface area contributed by atoms with Crippen molar-refractivity contribution in [2.75, 3.05) is 13.2 Å². The monoisotopic (exact) mass is 310 g/mol. The molecule has 2 aliphatic rings.